The lowest BCUT2D eigenvalue weighted by Gasteiger charge is -2.15. The Hall–Kier alpha value is -1.16. The monoisotopic (exact) mass is 257 g/mol. The average molecular weight is 257 g/mol. The Kier molecular flexibility index (Phi) is 5.54. The van der Waals surface area contributed by atoms with Gasteiger partial charge in [0.25, 0.3) is 0 Å². The molecule has 0 atom stereocenters. The highest BCUT2D eigenvalue weighted by Crippen LogP contribution is 2.25. The fraction of sp³-hybridized carbons (Fsp3) is 0.571. The molecule has 1 aromatic rings. The maximum absolute atomic E-state index is 13.7. The normalized spacial score (nSPS) is 11.3. The van der Waals surface area contributed by atoms with Crippen LogP contribution < -0.4 is 10.1 Å². The van der Waals surface area contributed by atoms with Gasteiger partial charge in [0.05, 0.1) is 6.61 Å². The van der Waals surface area contributed by atoms with Crippen LogP contribution in [0.15, 0.2) is 12.1 Å². The number of rotatable bonds is 6. The largest absolute Gasteiger partial charge is 0.490 e. The van der Waals surface area contributed by atoms with E-state index < -0.39 is 11.6 Å². The molecule has 4 heteroatoms. The van der Waals surface area contributed by atoms with Crippen molar-refractivity contribution in [2.45, 2.75) is 40.3 Å². The standard InChI is InChI=1S/C14H21F2NO/c1-9(2)8-18-14-11(7-17-10(3)4)5-12(15)6-13(14)16/h5-6,9-10,17H,7-8H2,1-4H3. The molecule has 0 unspecified atom stereocenters. The van der Waals surface area contributed by atoms with E-state index in [0.29, 0.717) is 24.6 Å². The maximum Gasteiger partial charge on any atom is 0.168 e. The van der Waals surface area contributed by atoms with Crippen molar-refractivity contribution >= 4 is 0 Å². The van der Waals surface area contributed by atoms with Gasteiger partial charge in [-0.05, 0) is 12.0 Å². The molecule has 0 fully saturated rings. The summed E-state index contributed by atoms with van der Waals surface area (Å²) in [4.78, 5) is 0. The molecule has 0 amide bonds. The molecule has 0 spiro atoms. The van der Waals surface area contributed by atoms with Crippen molar-refractivity contribution < 1.29 is 13.5 Å². The number of nitrogens with one attached hydrogen (secondary N) is 1. The smallest absolute Gasteiger partial charge is 0.168 e. The predicted molar refractivity (Wildman–Crippen MR) is 68.7 cm³/mol. The molecular formula is C14H21F2NO. The minimum atomic E-state index is -0.642. The maximum atomic E-state index is 13.7. The second-order valence-corrected chi connectivity index (χ2v) is 5.12. The molecule has 0 aliphatic rings. The third kappa shape index (κ3) is 4.61. The van der Waals surface area contributed by atoms with E-state index in [1.165, 1.54) is 6.07 Å². The van der Waals surface area contributed by atoms with Gasteiger partial charge in [-0.2, -0.15) is 0 Å². The number of hydrogen-bond donors (Lipinski definition) is 1. The van der Waals surface area contributed by atoms with Gasteiger partial charge in [0.2, 0.25) is 0 Å². The van der Waals surface area contributed by atoms with E-state index in [2.05, 4.69) is 5.32 Å². The first-order chi connectivity index (χ1) is 8.40. The zero-order chi connectivity index (χ0) is 13.7. The molecular weight excluding hydrogens is 236 g/mol. The molecule has 0 radical (unpaired) electrons. The number of hydrogen-bond acceptors (Lipinski definition) is 2. The summed E-state index contributed by atoms with van der Waals surface area (Å²) in [7, 11) is 0. The highest BCUT2D eigenvalue weighted by atomic mass is 19.1. The molecule has 0 bridgehead atoms. The summed E-state index contributed by atoms with van der Waals surface area (Å²) in [6, 6.07) is 2.41. The first kappa shape index (κ1) is 14.9. The lowest BCUT2D eigenvalue weighted by Crippen LogP contribution is -2.22. The van der Waals surface area contributed by atoms with Crippen molar-refractivity contribution in [2.24, 2.45) is 5.92 Å². The summed E-state index contributed by atoms with van der Waals surface area (Å²) >= 11 is 0. The van der Waals surface area contributed by atoms with Gasteiger partial charge >= 0.3 is 0 Å². The summed E-state index contributed by atoms with van der Waals surface area (Å²) in [5.74, 6) is -0.778. The third-order valence-corrected chi connectivity index (χ3v) is 2.35. The predicted octanol–water partition coefficient (Wildman–Crippen LogP) is 3.50. The zero-order valence-electron chi connectivity index (χ0n) is 11.4. The molecule has 18 heavy (non-hydrogen) atoms. The minimum absolute atomic E-state index is 0.151. The molecule has 102 valence electrons. The van der Waals surface area contributed by atoms with E-state index in [4.69, 9.17) is 4.74 Å². The Morgan fingerprint density at radius 3 is 2.39 bits per heavy atom. The van der Waals surface area contributed by atoms with Crippen LogP contribution in [0, 0.1) is 17.6 Å². The van der Waals surface area contributed by atoms with Crippen LogP contribution >= 0.6 is 0 Å². The summed E-state index contributed by atoms with van der Waals surface area (Å²) in [5.41, 5.74) is 0.516. The Morgan fingerprint density at radius 1 is 1.17 bits per heavy atom. The SMILES string of the molecule is CC(C)COc1c(F)cc(F)cc1CNC(C)C. The topological polar surface area (TPSA) is 21.3 Å². The van der Waals surface area contributed by atoms with Crippen molar-refractivity contribution in [3.8, 4) is 5.75 Å². The van der Waals surface area contributed by atoms with Crippen molar-refractivity contribution in [2.75, 3.05) is 6.61 Å². The van der Waals surface area contributed by atoms with Crippen molar-refractivity contribution in [3.63, 3.8) is 0 Å². The van der Waals surface area contributed by atoms with Crippen molar-refractivity contribution in [3.05, 3.63) is 29.3 Å². The first-order valence-electron chi connectivity index (χ1n) is 6.24. The van der Waals surface area contributed by atoms with Gasteiger partial charge in [0.1, 0.15) is 5.82 Å². The Bertz CT molecular complexity index is 392. The van der Waals surface area contributed by atoms with E-state index in [1.807, 2.05) is 27.7 Å². The molecule has 2 nitrogen and oxygen atoms in total. The molecule has 1 rings (SSSR count). The van der Waals surface area contributed by atoms with Crippen LogP contribution in [0.4, 0.5) is 8.78 Å². The van der Waals surface area contributed by atoms with Gasteiger partial charge in [0.15, 0.2) is 11.6 Å². The van der Waals surface area contributed by atoms with Gasteiger partial charge in [-0.15, -0.1) is 0 Å². The van der Waals surface area contributed by atoms with Crippen LogP contribution in [0.2, 0.25) is 0 Å². The first-order valence-corrected chi connectivity index (χ1v) is 6.24. The Labute approximate surface area is 107 Å². The highest BCUT2D eigenvalue weighted by molar-refractivity contribution is 5.35. The number of benzene rings is 1. The van der Waals surface area contributed by atoms with Crippen LogP contribution in [0.3, 0.4) is 0 Å². The van der Waals surface area contributed by atoms with Crippen LogP contribution in [0.5, 0.6) is 5.75 Å². The van der Waals surface area contributed by atoms with Gasteiger partial charge in [0, 0.05) is 24.2 Å². The number of halogens is 2. The highest BCUT2D eigenvalue weighted by Gasteiger charge is 2.13. The summed E-state index contributed by atoms with van der Waals surface area (Å²) in [6.45, 7) is 8.71. The van der Waals surface area contributed by atoms with Crippen molar-refractivity contribution in [1.82, 2.24) is 5.32 Å². The average Bonchev–Trinajstić information content (AvgIpc) is 2.24. The zero-order valence-corrected chi connectivity index (χ0v) is 11.4. The van der Waals surface area contributed by atoms with E-state index in [9.17, 15) is 8.78 Å². The Balaban J connectivity index is 2.89. The van der Waals surface area contributed by atoms with Crippen molar-refractivity contribution in [1.29, 1.82) is 0 Å². The Morgan fingerprint density at radius 2 is 1.83 bits per heavy atom. The van der Waals surface area contributed by atoms with Crippen LogP contribution in [0.1, 0.15) is 33.3 Å². The summed E-state index contributed by atoms with van der Waals surface area (Å²) < 4.78 is 32.3. The minimum Gasteiger partial charge on any atom is -0.490 e. The van der Waals surface area contributed by atoms with Gasteiger partial charge in [-0.25, -0.2) is 8.78 Å². The van der Waals surface area contributed by atoms with E-state index >= 15 is 0 Å². The van der Waals surface area contributed by atoms with Crippen LogP contribution in [0.25, 0.3) is 0 Å². The van der Waals surface area contributed by atoms with E-state index in [0.717, 1.165) is 6.07 Å². The lowest BCUT2D eigenvalue weighted by atomic mass is 10.1. The second-order valence-electron chi connectivity index (χ2n) is 5.12. The van der Waals surface area contributed by atoms with E-state index in [1.54, 1.807) is 0 Å². The molecule has 0 aliphatic carbocycles. The summed E-state index contributed by atoms with van der Waals surface area (Å²) in [5, 5.41) is 3.13. The van der Waals surface area contributed by atoms with Gasteiger partial charge in [-0.3, -0.25) is 0 Å². The van der Waals surface area contributed by atoms with E-state index in [-0.39, 0.29) is 11.8 Å². The third-order valence-electron chi connectivity index (χ3n) is 2.35. The quantitative estimate of drug-likeness (QED) is 0.842. The number of ether oxygens (including phenoxy) is 1. The molecule has 0 saturated carbocycles. The fourth-order valence-electron chi connectivity index (χ4n) is 1.47. The fourth-order valence-corrected chi connectivity index (χ4v) is 1.47. The van der Waals surface area contributed by atoms with Gasteiger partial charge < -0.3 is 10.1 Å². The lowest BCUT2D eigenvalue weighted by molar-refractivity contribution is 0.255. The van der Waals surface area contributed by atoms with Crippen LogP contribution in [-0.4, -0.2) is 12.6 Å². The molecule has 0 aromatic heterocycles. The van der Waals surface area contributed by atoms with Gasteiger partial charge in [-0.1, -0.05) is 27.7 Å². The molecule has 0 saturated heterocycles. The van der Waals surface area contributed by atoms with Crippen LogP contribution in [-0.2, 0) is 6.54 Å². The summed E-state index contributed by atoms with van der Waals surface area (Å²) in [6.07, 6.45) is 0. The second kappa shape index (κ2) is 6.69. The molecule has 0 heterocycles. The molecule has 0 aliphatic heterocycles. The molecule has 1 N–H and O–H groups in total. The molecule has 1 aromatic carbocycles.